The number of phenolic OH excluding ortho intramolecular Hbond substituents is 1. The number of esters is 1. The average molecular weight is 384 g/mol. The van der Waals surface area contributed by atoms with E-state index in [2.05, 4.69) is 20.5 Å². The fourth-order valence-corrected chi connectivity index (χ4v) is 4.05. The molecule has 0 saturated heterocycles. The van der Waals surface area contributed by atoms with Gasteiger partial charge in [0.2, 0.25) is 5.95 Å². The van der Waals surface area contributed by atoms with Crippen molar-refractivity contribution >= 4 is 11.9 Å². The zero-order valence-electron chi connectivity index (χ0n) is 16.1. The Hall–Kier alpha value is -2.90. The number of carbonyl (C=O) groups is 1. The molecule has 1 aliphatic carbocycles. The van der Waals surface area contributed by atoms with Crippen molar-refractivity contribution in [2.24, 2.45) is 5.92 Å². The third-order valence-electron chi connectivity index (χ3n) is 5.51. The van der Waals surface area contributed by atoms with Crippen molar-refractivity contribution in [3.05, 3.63) is 23.4 Å². The molecule has 2 aliphatic rings. The van der Waals surface area contributed by atoms with Gasteiger partial charge in [-0.1, -0.05) is 6.42 Å². The van der Waals surface area contributed by atoms with E-state index < -0.39 is 0 Å². The molecule has 8 heteroatoms. The van der Waals surface area contributed by atoms with Gasteiger partial charge in [0.25, 0.3) is 0 Å². The Kier molecular flexibility index (Phi) is 5.02. The van der Waals surface area contributed by atoms with E-state index in [1.165, 1.54) is 7.11 Å². The molecule has 1 aromatic carbocycles. The van der Waals surface area contributed by atoms with Gasteiger partial charge in [-0.15, -0.1) is 10.2 Å². The number of hydrogen-bond acceptors (Lipinski definition) is 8. The molecule has 1 fully saturated rings. The summed E-state index contributed by atoms with van der Waals surface area (Å²) in [7, 11) is 1.43. The average Bonchev–Trinajstić information content (AvgIpc) is 3.18. The molecule has 2 aromatic rings. The van der Waals surface area contributed by atoms with Gasteiger partial charge in [-0.2, -0.15) is 0 Å². The Balaban J connectivity index is 1.52. The first-order valence-corrected chi connectivity index (χ1v) is 9.60. The van der Waals surface area contributed by atoms with Crippen LogP contribution in [0.2, 0.25) is 0 Å². The summed E-state index contributed by atoms with van der Waals surface area (Å²) in [5, 5.41) is 22.4. The maximum absolute atomic E-state index is 11.8. The van der Waals surface area contributed by atoms with E-state index in [4.69, 9.17) is 9.47 Å². The van der Waals surface area contributed by atoms with Crippen LogP contribution in [0.5, 0.6) is 11.5 Å². The number of benzene rings is 1. The second kappa shape index (κ2) is 7.61. The summed E-state index contributed by atoms with van der Waals surface area (Å²) in [5.41, 5.74) is 2.63. The molecule has 0 spiro atoms. The summed E-state index contributed by atoms with van der Waals surface area (Å²) in [6.45, 7) is 2.42. The van der Waals surface area contributed by atoms with Gasteiger partial charge in [0, 0.05) is 23.6 Å². The van der Waals surface area contributed by atoms with Crippen LogP contribution in [0.3, 0.4) is 0 Å². The van der Waals surface area contributed by atoms with Gasteiger partial charge in [0.15, 0.2) is 0 Å². The van der Waals surface area contributed by atoms with E-state index in [0.717, 1.165) is 30.6 Å². The predicted octanol–water partition coefficient (Wildman–Crippen LogP) is 2.63. The monoisotopic (exact) mass is 384 g/mol. The number of aryl methyl sites for hydroxylation is 1. The Labute approximate surface area is 163 Å². The Morgan fingerprint density at radius 1 is 1.32 bits per heavy atom. The van der Waals surface area contributed by atoms with E-state index in [9.17, 15) is 9.90 Å². The Morgan fingerprint density at radius 3 is 2.96 bits per heavy atom. The molecule has 2 atom stereocenters. The Bertz CT molecular complexity index is 902. The number of ether oxygens (including phenoxy) is 2. The molecule has 4 rings (SSSR count). The van der Waals surface area contributed by atoms with Gasteiger partial charge in [-0.3, -0.25) is 4.79 Å². The lowest BCUT2D eigenvalue weighted by molar-refractivity contribution is -0.146. The molecule has 0 amide bonds. The van der Waals surface area contributed by atoms with Crippen molar-refractivity contribution in [2.45, 2.75) is 45.1 Å². The van der Waals surface area contributed by atoms with E-state index in [0.29, 0.717) is 42.3 Å². The van der Waals surface area contributed by atoms with Gasteiger partial charge in [0.05, 0.1) is 25.3 Å². The van der Waals surface area contributed by atoms with Crippen LogP contribution < -0.4 is 10.1 Å². The zero-order chi connectivity index (χ0) is 19.7. The molecule has 0 radical (unpaired) electrons. The summed E-state index contributed by atoms with van der Waals surface area (Å²) in [5.74, 6) is 1.09. The van der Waals surface area contributed by atoms with Crippen LogP contribution in [0.25, 0.3) is 11.3 Å². The first kappa shape index (κ1) is 18.5. The predicted molar refractivity (Wildman–Crippen MR) is 102 cm³/mol. The lowest BCUT2D eigenvalue weighted by Gasteiger charge is -2.28. The van der Waals surface area contributed by atoms with Crippen LogP contribution in [0.15, 0.2) is 12.1 Å². The fourth-order valence-electron chi connectivity index (χ4n) is 4.05. The van der Waals surface area contributed by atoms with Crippen molar-refractivity contribution in [2.75, 3.05) is 19.0 Å². The molecule has 2 N–H and O–H groups in total. The Morgan fingerprint density at radius 2 is 2.18 bits per heavy atom. The highest BCUT2D eigenvalue weighted by atomic mass is 16.5. The molecular weight excluding hydrogens is 360 g/mol. The number of aromatic nitrogens is 3. The van der Waals surface area contributed by atoms with E-state index >= 15 is 0 Å². The fraction of sp³-hybridized carbons (Fsp3) is 0.500. The molecule has 148 valence electrons. The van der Waals surface area contributed by atoms with Crippen LogP contribution in [0.1, 0.15) is 36.9 Å². The van der Waals surface area contributed by atoms with E-state index in [1.54, 1.807) is 6.07 Å². The summed E-state index contributed by atoms with van der Waals surface area (Å²) >= 11 is 0. The van der Waals surface area contributed by atoms with Crippen LogP contribution in [0, 0.1) is 12.8 Å². The van der Waals surface area contributed by atoms with Crippen LogP contribution in [0.4, 0.5) is 5.95 Å². The number of fused-ring (bicyclic) bond motifs is 1. The molecule has 0 unspecified atom stereocenters. The number of nitrogens with one attached hydrogen (secondary N) is 1. The highest BCUT2D eigenvalue weighted by Gasteiger charge is 2.28. The number of aromatic hydroxyl groups is 1. The van der Waals surface area contributed by atoms with Crippen LogP contribution >= 0.6 is 0 Å². The molecule has 0 bridgehead atoms. The lowest BCUT2D eigenvalue weighted by Crippen LogP contribution is -2.32. The quantitative estimate of drug-likeness (QED) is 0.775. The summed E-state index contributed by atoms with van der Waals surface area (Å²) in [6, 6.07) is 3.74. The molecule has 8 nitrogen and oxygen atoms in total. The second-order valence-corrected chi connectivity index (χ2v) is 7.33. The molecule has 2 heterocycles. The van der Waals surface area contributed by atoms with Crippen molar-refractivity contribution in [1.29, 1.82) is 0 Å². The van der Waals surface area contributed by atoms with Gasteiger partial charge < -0.3 is 19.9 Å². The zero-order valence-corrected chi connectivity index (χ0v) is 16.1. The smallest absolute Gasteiger partial charge is 0.308 e. The molecule has 1 saturated carbocycles. The number of anilines is 1. The maximum Gasteiger partial charge on any atom is 0.308 e. The third kappa shape index (κ3) is 3.46. The number of nitrogens with zero attached hydrogens (tertiary/aromatic N) is 3. The minimum absolute atomic E-state index is 0.0878. The van der Waals surface area contributed by atoms with Crippen molar-refractivity contribution < 1.29 is 19.4 Å². The first-order valence-electron chi connectivity index (χ1n) is 9.60. The third-order valence-corrected chi connectivity index (χ3v) is 5.51. The summed E-state index contributed by atoms with van der Waals surface area (Å²) in [4.78, 5) is 16.3. The summed E-state index contributed by atoms with van der Waals surface area (Å²) < 4.78 is 10.4. The molecule has 1 aliphatic heterocycles. The highest BCUT2D eigenvalue weighted by molar-refractivity contribution is 5.73. The SMILES string of the molecule is COC(=O)[C@@H]1CCC[C@@H](Nc2nnc(-c3ccc4c(c3O)CCO4)c(C)n2)C1. The van der Waals surface area contributed by atoms with Gasteiger partial charge >= 0.3 is 5.97 Å². The summed E-state index contributed by atoms with van der Waals surface area (Å²) in [6.07, 6.45) is 4.12. The van der Waals surface area contributed by atoms with Crippen LogP contribution in [-0.2, 0) is 16.0 Å². The number of phenols is 1. The normalized spacial score (nSPS) is 20.9. The lowest BCUT2D eigenvalue weighted by atomic mass is 9.86. The van der Waals surface area contributed by atoms with Gasteiger partial charge in [-0.25, -0.2) is 4.98 Å². The number of hydrogen-bond donors (Lipinski definition) is 2. The van der Waals surface area contributed by atoms with Crippen molar-refractivity contribution in [1.82, 2.24) is 15.2 Å². The van der Waals surface area contributed by atoms with Crippen molar-refractivity contribution in [3.63, 3.8) is 0 Å². The topological polar surface area (TPSA) is 106 Å². The van der Waals surface area contributed by atoms with E-state index in [1.807, 2.05) is 13.0 Å². The molecular formula is C20H24N4O4. The number of rotatable bonds is 4. The maximum atomic E-state index is 11.8. The first-order chi connectivity index (χ1) is 13.6. The van der Waals surface area contributed by atoms with Crippen LogP contribution in [-0.4, -0.2) is 46.0 Å². The largest absolute Gasteiger partial charge is 0.507 e. The van der Waals surface area contributed by atoms with E-state index in [-0.39, 0.29) is 23.7 Å². The second-order valence-electron chi connectivity index (χ2n) is 7.33. The highest BCUT2D eigenvalue weighted by Crippen LogP contribution is 2.40. The molecule has 1 aromatic heterocycles. The minimum Gasteiger partial charge on any atom is -0.507 e. The number of carbonyl (C=O) groups excluding carboxylic acids is 1. The van der Waals surface area contributed by atoms with Crippen molar-refractivity contribution in [3.8, 4) is 22.8 Å². The minimum atomic E-state index is -0.159. The standard InChI is InChI=1S/C20H24N4O4/c1-11-17(15-6-7-16-14(18(15)25)8-9-28-16)23-24-20(21-11)22-13-5-3-4-12(10-13)19(26)27-2/h6-7,12-13,25H,3-5,8-10H2,1-2H3,(H,21,22,24)/t12-,13-/m1/s1. The molecule has 28 heavy (non-hydrogen) atoms. The number of methoxy groups -OCH3 is 1. The van der Waals surface area contributed by atoms with Gasteiger partial charge in [0.1, 0.15) is 17.2 Å². The van der Waals surface area contributed by atoms with Gasteiger partial charge in [-0.05, 0) is 38.3 Å².